The molecule has 94 valence electrons. The van der Waals surface area contributed by atoms with E-state index in [0.717, 1.165) is 16.9 Å². The molecule has 0 amide bonds. The van der Waals surface area contributed by atoms with Gasteiger partial charge in [-0.1, -0.05) is 12.5 Å². The fourth-order valence-electron chi connectivity index (χ4n) is 2.43. The van der Waals surface area contributed by atoms with Crippen molar-refractivity contribution in [1.82, 2.24) is 0 Å². The molecule has 0 aromatic heterocycles. The van der Waals surface area contributed by atoms with Crippen LogP contribution in [0, 0.1) is 6.92 Å². The van der Waals surface area contributed by atoms with Crippen LogP contribution in [0.1, 0.15) is 56.3 Å². The minimum absolute atomic E-state index is 0.389. The lowest BCUT2D eigenvalue weighted by atomic mass is 9.97. The molecule has 0 heterocycles. The van der Waals surface area contributed by atoms with Crippen molar-refractivity contribution in [2.75, 3.05) is 0 Å². The third-order valence-corrected chi connectivity index (χ3v) is 3.53. The molecule has 1 saturated carbocycles. The molecule has 0 spiro atoms. The van der Waals surface area contributed by atoms with Crippen LogP contribution in [0.2, 0.25) is 0 Å². The number of hydrogen-bond acceptors (Lipinski definition) is 2. The summed E-state index contributed by atoms with van der Waals surface area (Å²) >= 11 is 0. The number of ether oxygens (including phenoxy) is 1. The van der Waals surface area contributed by atoms with Gasteiger partial charge in [-0.2, -0.15) is 0 Å². The molecule has 1 aromatic carbocycles. The van der Waals surface area contributed by atoms with Crippen LogP contribution in [0.5, 0.6) is 5.75 Å². The molecule has 1 fully saturated rings. The second-order valence-corrected chi connectivity index (χ2v) is 5.08. The first kappa shape index (κ1) is 12.4. The molecular weight excluding hydrogens is 212 g/mol. The van der Waals surface area contributed by atoms with Gasteiger partial charge in [-0.05, 0) is 62.8 Å². The lowest BCUT2D eigenvalue weighted by Gasteiger charge is -2.24. The van der Waals surface area contributed by atoms with Gasteiger partial charge < -0.3 is 9.84 Å². The highest BCUT2D eigenvalue weighted by Gasteiger charge is 2.16. The van der Waals surface area contributed by atoms with Crippen molar-refractivity contribution in [2.45, 2.75) is 58.2 Å². The molecule has 1 N–H and O–H groups in total. The SMILES string of the molecule is Cc1cc(C(C)O)ccc1OC1CCCCC1. The highest BCUT2D eigenvalue weighted by molar-refractivity contribution is 5.37. The molecule has 1 unspecified atom stereocenters. The number of aryl methyl sites for hydroxylation is 1. The molecule has 2 rings (SSSR count). The van der Waals surface area contributed by atoms with Gasteiger partial charge in [0.05, 0.1) is 12.2 Å². The quantitative estimate of drug-likeness (QED) is 0.863. The van der Waals surface area contributed by atoms with Gasteiger partial charge in [-0.15, -0.1) is 0 Å². The number of rotatable bonds is 3. The third-order valence-electron chi connectivity index (χ3n) is 3.53. The molecular formula is C15H22O2. The van der Waals surface area contributed by atoms with Crippen LogP contribution >= 0.6 is 0 Å². The van der Waals surface area contributed by atoms with Crippen molar-refractivity contribution in [2.24, 2.45) is 0 Å². The average molecular weight is 234 g/mol. The largest absolute Gasteiger partial charge is 0.490 e. The molecule has 1 atom stereocenters. The van der Waals surface area contributed by atoms with Crippen LogP contribution in [0.3, 0.4) is 0 Å². The maximum atomic E-state index is 9.52. The topological polar surface area (TPSA) is 29.5 Å². The summed E-state index contributed by atoms with van der Waals surface area (Å²) < 4.78 is 6.04. The van der Waals surface area contributed by atoms with E-state index in [1.807, 2.05) is 25.1 Å². The van der Waals surface area contributed by atoms with Gasteiger partial charge in [-0.3, -0.25) is 0 Å². The van der Waals surface area contributed by atoms with E-state index >= 15 is 0 Å². The molecule has 2 nitrogen and oxygen atoms in total. The summed E-state index contributed by atoms with van der Waals surface area (Å²) in [6, 6.07) is 5.96. The van der Waals surface area contributed by atoms with E-state index in [1.165, 1.54) is 32.1 Å². The number of aliphatic hydroxyl groups excluding tert-OH is 1. The van der Waals surface area contributed by atoms with Crippen LogP contribution in [0.4, 0.5) is 0 Å². The van der Waals surface area contributed by atoms with E-state index in [4.69, 9.17) is 4.74 Å². The summed E-state index contributed by atoms with van der Waals surface area (Å²) in [6.07, 6.45) is 6.26. The summed E-state index contributed by atoms with van der Waals surface area (Å²) in [7, 11) is 0. The Bertz CT molecular complexity index is 365. The summed E-state index contributed by atoms with van der Waals surface area (Å²) in [6.45, 7) is 3.83. The Morgan fingerprint density at radius 2 is 1.94 bits per heavy atom. The van der Waals surface area contributed by atoms with Crippen molar-refractivity contribution >= 4 is 0 Å². The van der Waals surface area contributed by atoms with Crippen molar-refractivity contribution in [3.05, 3.63) is 29.3 Å². The normalized spacial score (nSPS) is 19.0. The van der Waals surface area contributed by atoms with Gasteiger partial charge in [0, 0.05) is 0 Å². The zero-order valence-electron chi connectivity index (χ0n) is 10.8. The average Bonchev–Trinajstić information content (AvgIpc) is 2.33. The second kappa shape index (κ2) is 5.54. The van der Waals surface area contributed by atoms with Crippen LogP contribution in [-0.4, -0.2) is 11.2 Å². The predicted molar refractivity (Wildman–Crippen MR) is 69.3 cm³/mol. The van der Waals surface area contributed by atoms with Crippen molar-refractivity contribution < 1.29 is 9.84 Å². The Morgan fingerprint density at radius 3 is 2.53 bits per heavy atom. The Kier molecular flexibility index (Phi) is 4.06. The predicted octanol–water partition coefficient (Wildman–Crippen LogP) is 3.76. The summed E-state index contributed by atoms with van der Waals surface area (Å²) in [5.74, 6) is 0.973. The summed E-state index contributed by atoms with van der Waals surface area (Å²) in [5.41, 5.74) is 2.08. The first-order chi connectivity index (χ1) is 8.16. The van der Waals surface area contributed by atoms with Gasteiger partial charge in [0.2, 0.25) is 0 Å². The standard InChI is InChI=1S/C15H22O2/c1-11-10-13(12(2)16)8-9-15(11)17-14-6-4-3-5-7-14/h8-10,12,14,16H,3-7H2,1-2H3. The van der Waals surface area contributed by atoms with E-state index in [2.05, 4.69) is 0 Å². The lowest BCUT2D eigenvalue weighted by Crippen LogP contribution is -2.20. The van der Waals surface area contributed by atoms with E-state index in [9.17, 15) is 5.11 Å². The molecule has 0 radical (unpaired) electrons. The van der Waals surface area contributed by atoms with E-state index in [-0.39, 0.29) is 0 Å². The molecule has 0 bridgehead atoms. The van der Waals surface area contributed by atoms with Crippen LogP contribution in [0.25, 0.3) is 0 Å². The fraction of sp³-hybridized carbons (Fsp3) is 0.600. The Hall–Kier alpha value is -1.02. The molecule has 1 aliphatic rings. The minimum atomic E-state index is -0.405. The lowest BCUT2D eigenvalue weighted by molar-refractivity contribution is 0.153. The Morgan fingerprint density at radius 1 is 1.24 bits per heavy atom. The second-order valence-electron chi connectivity index (χ2n) is 5.08. The van der Waals surface area contributed by atoms with Crippen LogP contribution in [0.15, 0.2) is 18.2 Å². The minimum Gasteiger partial charge on any atom is -0.490 e. The monoisotopic (exact) mass is 234 g/mol. The fourth-order valence-corrected chi connectivity index (χ4v) is 2.43. The molecule has 2 heteroatoms. The van der Waals surface area contributed by atoms with E-state index in [0.29, 0.717) is 6.10 Å². The van der Waals surface area contributed by atoms with Gasteiger partial charge in [0.1, 0.15) is 5.75 Å². The maximum Gasteiger partial charge on any atom is 0.122 e. The third kappa shape index (κ3) is 3.22. The van der Waals surface area contributed by atoms with Crippen LogP contribution in [-0.2, 0) is 0 Å². The molecule has 1 aliphatic carbocycles. The molecule has 17 heavy (non-hydrogen) atoms. The highest BCUT2D eigenvalue weighted by atomic mass is 16.5. The van der Waals surface area contributed by atoms with Gasteiger partial charge in [-0.25, -0.2) is 0 Å². The summed E-state index contributed by atoms with van der Waals surface area (Å²) in [4.78, 5) is 0. The van der Waals surface area contributed by atoms with Gasteiger partial charge in [0.15, 0.2) is 0 Å². The zero-order chi connectivity index (χ0) is 12.3. The maximum absolute atomic E-state index is 9.52. The zero-order valence-corrected chi connectivity index (χ0v) is 10.8. The first-order valence-electron chi connectivity index (χ1n) is 6.62. The first-order valence-corrected chi connectivity index (χ1v) is 6.62. The molecule has 0 saturated heterocycles. The van der Waals surface area contributed by atoms with Crippen LogP contribution < -0.4 is 4.74 Å². The Labute approximate surface area is 104 Å². The number of aliphatic hydroxyl groups is 1. The van der Waals surface area contributed by atoms with Crippen molar-refractivity contribution in [1.29, 1.82) is 0 Å². The Balaban J connectivity index is 2.05. The highest BCUT2D eigenvalue weighted by Crippen LogP contribution is 2.27. The van der Waals surface area contributed by atoms with Gasteiger partial charge in [0.25, 0.3) is 0 Å². The van der Waals surface area contributed by atoms with Gasteiger partial charge >= 0.3 is 0 Å². The number of benzene rings is 1. The van der Waals surface area contributed by atoms with E-state index < -0.39 is 6.10 Å². The summed E-state index contributed by atoms with van der Waals surface area (Å²) in [5, 5.41) is 9.52. The number of hydrogen-bond donors (Lipinski definition) is 1. The van der Waals surface area contributed by atoms with Crippen molar-refractivity contribution in [3.63, 3.8) is 0 Å². The van der Waals surface area contributed by atoms with Crippen molar-refractivity contribution in [3.8, 4) is 5.75 Å². The smallest absolute Gasteiger partial charge is 0.122 e. The molecule has 0 aliphatic heterocycles. The molecule has 1 aromatic rings. The van der Waals surface area contributed by atoms with E-state index in [1.54, 1.807) is 6.92 Å².